The molecule has 1 aromatic rings. The van der Waals surface area contributed by atoms with Gasteiger partial charge in [0.05, 0.1) is 13.2 Å². The van der Waals surface area contributed by atoms with Gasteiger partial charge < -0.3 is 20.5 Å². The first-order valence-corrected chi connectivity index (χ1v) is 7.60. The molecule has 0 saturated carbocycles. The van der Waals surface area contributed by atoms with Gasteiger partial charge in [-0.3, -0.25) is 0 Å². The normalized spacial score (nSPS) is 12.3. The Hall–Kier alpha value is -1.63. The van der Waals surface area contributed by atoms with E-state index in [1.54, 1.807) is 0 Å². The van der Waals surface area contributed by atoms with Gasteiger partial charge in [-0.1, -0.05) is 33.6 Å². The van der Waals surface area contributed by atoms with Crippen LogP contribution in [0, 0.1) is 5.92 Å². The quantitative estimate of drug-likeness (QED) is 0.607. The predicted octanol–water partition coefficient (Wildman–Crippen LogP) is 1.91. The van der Waals surface area contributed by atoms with Crippen molar-refractivity contribution in [1.29, 1.82) is 0 Å². The standard InChI is InChI=1S/C14H27N5O2/c1-5-8-15-12-17-13(19-14(18-12)21-4)16-9-11(20)10(6-2)7-3/h10-11,20H,5-9H2,1-4H3,(H2,15,16,17,18,19). The van der Waals surface area contributed by atoms with Gasteiger partial charge in [0, 0.05) is 13.1 Å². The first-order valence-electron chi connectivity index (χ1n) is 7.60. The van der Waals surface area contributed by atoms with Gasteiger partial charge in [0.1, 0.15) is 0 Å². The van der Waals surface area contributed by atoms with Gasteiger partial charge in [-0.25, -0.2) is 0 Å². The Morgan fingerprint density at radius 2 is 1.67 bits per heavy atom. The van der Waals surface area contributed by atoms with E-state index in [4.69, 9.17) is 4.74 Å². The zero-order valence-electron chi connectivity index (χ0n) is 13.4. The molecule has 0 aromatic carbocycles. The van der Waals surface area contributed by atoms with Crippen molar-refractivity contribution in [3.63, 3.8) is 0 Å². The smallest absolute Gasteiger partial charge is 0.322 e. The molecule has 7 nitrogen and oxygen atoms in total. The Bertz CT molecular complexity index is 412. The summed E-state index contributed by atoms with van der Waals surface area (Å²) in [6.45, 7) is 7.42. The average Bonchev–Trinajstić information content (AvgIpc) is 2.51. The average molecular weight is 297 g/mol. The highest BCUT2D eigenvalue weighted by Gasteiger charge is 2.16. The number of aromatic nitrogens is 3. The maximum atomic E-state index is 10.1. The fourth-order valence-electron chi connectivity index (χ4n) is 2.04. The molecule has 0 amide bonds. The number of methoxy groups -OCH3 is 1. The summed E-state index contributed by atoms with van der Waals surface area (Å²) in [7, 11) is 1.52. The van der Waals surface area contributed by atoms with Crippen molar-refractivity contribution in [2.24, 2.45) is 5.92 Å². The summed E-state index contributed by atoms with van der Waals surface area (Å²) >= 11 is 0. The number of rotatable bonds is 10. The van der Waals surface area contributed by atoms with Gasteiger partial charge in [-0.05, 0) is 12.3 Å². The molecule has 1 rings (SSSR count). The molecule has 21 heavy (non-hydrogen) atoms. The molecule has 0 aliphatic rings. The number of aliphatic hydroxyl groups excluding tert-OH is 1. The van der Waals surface area contributed by atoms with Crippen LogP contribution < -0.4 is 15.4 Å². The maximum Gasteiger partial charge on any atom is 0.322 e. The molecule has 1 atom stereocenters. The second kappa shape index (κ2) is 9.33. The van der Waals surface area contributed by atoms with Crippen LogP contribution in [0.5, 0.6) is 6.01 Å². The lowest BCUT2D eigenvalue weighted by Gasteiger charge is -2.20. The van der Waals surface area contributed by atoms with E-state index in [0.29, 0.717) is 18.4 Å². The largest absolute Gasteiger partial charge is 0.467 e. The maximum absolute atomic E-state index is 10.1. The predicted molar refractivity (Wildman–Crippen MR) is 83.7 cm³/mol. The Kier molecular flexibility index (Phi) is 7.74. The van der Waals surface area contributed by atoms with Crippen molar-refractivity contribution in [2.45, 2.75) is 46.1 Å². The molecule has 0 radical (unpaired) electrons. The topological polar surface area (TPSA) is 92.2 Å². The highest BCUT2D eigenvalue weighted by atomic mass is 16.5. The van der Waals surface area contributed by atoms with Crippen LogP contribution in [-0.2, 0) is 0 Å². The summed E-state index contributed by atoms with van der Waals surface area (Å²) in [5.41, 5.74) is 0. The fraction of sp³-hybridized carbons (Fsp3) is 0.786. The van der Waals surface area contributed by atoms with Crippen LogP contribution in [0.2, 0.25) is 0 Å². The second-order valence-electron chi connectivity index (χ2n) is 4.92. The highest BCUT2D eigenvalue weighted by molar-refractivity contribution is 5.35. The van der Waals surface area contributed by atoms with E-state index in [0.717, 1.165) is 25.8 Å². The summed E-state index contributed by atoms with van der Waals surface area (Å²) in [6, 6.07) is 0.253. The van der Waals surface area contributed by atoms with Gasteiger partial charge in [-0.15, -0.1) is 0 Å². The number of aliphatic hydroxyl groups is 1. The third-order valence-electron chi connectivity index (χ3n) is 3.39. The number of anilines is 2. The van der Waals surface area contributed by atoms with Crippen molar-refractivity contribution in [3.05, 3.63) is 0 Å². The van der Waals surface area contributed by atoms with E-state index >= 15 is 0 Å². The van der Waals surface area contributed by atoms with Crippen molar-refractivity contribution in [2.75, 3.05) is 30.8 Å². The Morgan fingerprint density at radius 3 is 2.19 bits per heavy atom. The first-order chi connectivity index (χ1) is 10.1. The molecular weight excluding hydrogens is 270 g/mol. The van der Waals surface area contributed by atoms with Crippen molar-refractivity contribution >= 4 is 11.9 Å². The summed E-state index contributed by atoms with van der Waals surface area (Å²) < 4.78 is 5.07. The highest BCUT2D eigenvalue weighted by Crippen LogP contribution is 2.15. The number of nitrogens with one attached hydrogen (secondary N) is 2. The van der Waals surface area contributed by atoms with Gasteiger partial charge in [0.25, 0.3) is 0 Å². The summed E-state index contributed by atoms with van der Waals surface area (Å²) in [6.07, 6.45) is 2.45. The molecule has 120 valence electrons. The van der Waals surface area contributed by atoms with Crippen LogP contribution in [0.1, 0.15) is 40.0 Å². The van der Waals surface area contributed by atoms with Crippen LogP contribution in [0.4, 0.5) is 11.9 Å². The van der Waals surface area contributed by atoms with Crippen molar-refractivity contribution < 1.29 is 9.84 Å². The summed E-state index contributed by atoms with van der Waals surface area (Å²) in [5.74, 6) is 1.16. The minimum atomic E-state index is -0.421. The van der Waals surface area contributed by atoms with Crippen LogP contribution >= 0.6 is 0 Å². The number of hydrogen-bond donors (Lipinski definition) is 3. The van der Waals surface area contributed by atoms with E-state index in [2.05, 4.69) is 46.4 Å². The molecular formula is C14H27N5O2. The molecule has 0 spiro atoms. The summed E-state index contributed by atoms with van der Waals surface area (Å²) in [4.78, 5) is 12.5. The monoisotopic (exact) mass is 297 g/mol. The van der Waals surface area contributed by atoms with E-state index in [1.165, 1.54) is 7.11 Å². The molecule has 1 unspecified atom stereocenters. The van der Waals surface area contributed by atoms with E-state index in [1.807, 2.05) is 0 Å². The van der Waals surface area contributed by atoms with Gasteiger partial charge in [0.15, 0.2) is 0 Å². The Morgan fingerprint density at radius 1 is 1.05 bits per heavy atom. The molecule has 0 fully saturated rings. The van der Waals surface area contributed by atoms with E-state index < -0.39 is 6.10 Å². The minimum absolute atomic E-state index is 0.253. The molecule has 7 heteroatoms. The third-order valence-corrected chi connectivity index (χ3v) is 3.39. The van der Waals surface area contributed by atoms with E-state index in [9.17, 15) is 5.11 Å². The summed E-state index contributed by atoms with van der Waals surface area (Å²) in [5, 5.41) is 16.3. The van der Waals surface area contributed by atoms with Gasteiger partial charge in [-0.2, -0.15) is 15.0 Å². The molecule has 0 saturated heterocycles. The molecule has 1 aromatic heterocycles. The lowest BCUT2D eigenvalue weighted by molar-refractivity contribution is 0.114. The molecule has 0 bridgehead atoms. The lowest BCUT2D eigenvalue weighted by atomic mass is 9.97. The number of hydrogen-bond acceptors (Lipinski definition) is 7. The van der Waals surface area contributed by atoms with Crippen LogP contribution in [0.25, 0.3) is 0 Å². The molecule has 0 aliphatic carbocycles. The fourth-order valence-corrected chi connectivity index (χ4v) is 2.04. The lowest BCUT2D eigenvalue weighted by Crippen LogP contribution is -2.28. The van der Waals surface area contributed by atoms with Crippen LogP contribution in [-0.4, -0.2) is 46.4 Å². The van der Waals surface area contributed by atoms with Crippen molar-refractivity contribution in [3.8, 4) is 6.01 Å². The minimum Gasteiger partial charge on any atom is -0.467 e. The SMILES string of the molecule is CCCNc1nc(NCC(O)C(CC)CC)nc(OC)n1. The third kappa shape index (κ3) is 5.71. The molecule has 1 heterocycles. The Labute approximate surface area is 126 Å². The molecule has 3 N–H and O–H groups in total. The number of nitrogens with zero attached hydrogens (tertiary/aromatic N) is 3. The van der Waals surface area contributed by atoms with E-state index in [-0.39, 0.29) is 11.9 Å². The van der Waals surface area contributed by atoms with Crippen LogP contribution in [0.15, 0.2) is 0 Å². The van der Waals surface area contributed by atoms with Crippen molar-refractivity contribution in [1.82, 2.24) is 15.0 Å². The zero-order valence-corrected chi connectivity index (χ0v) is 13.4. The molecule has 0 aliphatic heterocycles. The van der Waals surface area contributed by atoms with Gasteiger partial charge >= 0.3 is 6.01 Å². The second-order valence-corrected chi connectivity index (χ2v) is 4.92. The first kappa shape index (κ1) is 17.4. The zero-order chi connectivity index (χ0) is 15.7. The van der Waals surface area contributed by atoms with Gasteiger partial charge in [0.2, 0.25) is 11.9 Å². The Balaban J connectivity index is 2.68. The van der Waals surface area contributed by atoms with Crippen LogP contribution in [0.3, 0.4) is 0 Å². The number of ether oxygens (including phenoxy) is 1.